The average molecular weight is 352 g/mol. The molecular formula is C15H20N4O6. The lowest BCUT2D eigenvalue weighted by atomic mass is 9.98. The molecule has 136 valence electrons. The molecule has 0 aromatic rings. The van der Waals surface area contributed by atoms with Crippen molar-refractivity contribution in [3.05, 3.63) is 0 Å². The van der Waals surface area contributed by atoms with E-state index in [1.807, 2.05) is 0 Å². The molecule has 2 heterocycles. The molecule has 0 aromatic heterocycles. The van der Waals surface area contributed by atoms with E-state index in [4.69, 9.17) is 4.74 Å². The number of rotatable bonds is 4. The Balaban J connectivity index is 1.57. The first-order valence-electron chi connectivity index (χ1n) is 8.27. The fourth-order valence-corrected chi connectivity index (χ4v) is 3.45. The number of carbonyl (C=O) groups excluding carboxylic acids is 5. The second-order valence-corrected chi connectivity index (χ2v) is 6.46. The molecule has 10 nitrogen and oxygen atoms in total. The van der Waals surface area contributed by atoms with Crippen molar-refractivity contribution in [1.29, 1.82) is 0 Å². The van der Waals surface area contributed by atoms with Crippen molar-refractivity contribution in [3.63, 3.8) is 0 Å². The highest BCUT2D eigenvalue weighted by molar-refractivity contribution is 6.09. The van der Waals surface area contributed by atoms with Crippen molar-refractivity contribution in [2.75, 3.05) is 19.6 Å². The van der Waals surface area contributed by atoms with E-state index >= 15 is 0 Å². The summed E-state index contributed by atoms with van der Waals surface area (Å²) >= 11 is 0. The van der Waals surface area contributed by atoms with Crippen LogP contribution in [0.3, 0.4) is 0 Å². The Morgan fingerprint density at radius 3 is 2.48 bits per heavy atom. The zero-order valence-electron chi connectivity index (χ0n) is 13.9. The lowest BCUT2D eigenvalue weighted by Crippen LogP contribution is -2.45. The predicted octanol–water partition coefficient (Wildman–Crippen LogP) is -0.665. The fourth-order valence-electron chi connectivity index (χ4n) is 3.45. The molecule has 3 aliphatic rings. The van der Waals surface area contributed by atoms with Gasteiger partial charge in [-0.05, 0) is 19.8 Å². The van der Waals surface area contributed by atoms with Crippen molar-refractivity contribution in [2.24, 2.45) is 0 Å². The van der Waals surface area contributed by atoms with Crippen molar-refractivity contribution in [1.82, 2.24) is 20.4 Å². The van der Waals surface area contributed by atoms with Crippen molar-refractivity contribution in [3.8, 4) is 0 Å². The number of hydrogen-bond acceptors (Lipinski definition) is 6. The first-order chi connectivity index (χ1) is 11.8. The van der Waals surface area contributed by atoms with Gasteiger partial charge in [0.15, 0.2) is 6.10 Å². The molecule has 2 saturated heterocycles. The molecule has 2 N–H and O–H groups in total. The highest BCUT2D eigenvalue weighted by Gasteiger charge is 2.53. The van der Waals surface area contributed by atoms with Gasteiger partial charge in [0.05, 0.1) is 0 Å². The minimum absolute atomic E-state index is 0.203. The summed E-state index contributed by atoms with van der Waals surface area (Å²) in [5.41, 5.74) is -0.896. The Labute approximate surface area is 143 Å². The maximum Gasteiger partial charge on any atom is 0.327 e. The second kappa shape index (κ2) is 6.34. The Kier molecular flexibility index (Phi) is 4.36. The minimum atomic E-state index is -1.18. The number of carbonyl (C=O) groups is 5. The molecule has 6 amide bonds. The standard InChI is InChI=1S/C15H20N4O6/c1-9(11(21)18-7-6-16-13(18)23)25-10(20)8-19-12(22)15(17-14(19)24)4-2-3-5-15/h9H,2-8H2,1H3,(H,16,23)(H,17,24)/t9-/m0/s1. The van der Waals surface area contributed by atoms with Crippen LogP contribution in [0.4, 0.5) is 9.59 Å². The van der Waals surface area contributed by atoms with Gasteiger partial charge in [0.25, 0.3) is 11.8 Å². The number of imide groups is 2. The topological polar surface area (TPSA) is 125 Å². The summed E-state index contributed by atoms with van der Waals surface area (Å²) in [5.74, 6) is -1.95. The van der Waals surface area contributed by atoms with Crippen LogP contribution in [0.15, 0.2) is 0 Å². The highest BCUT2D eigenvalue weighted by Crippen LogP contribution is 2.34. The molecule has 3 rings (SSSR count). The SMILES string of the molecule is C[C@H](OC(=O)CN1C(=O)NC2(CCCC2)C1=O)C(=O)N1CCNC1=O. The van der Waals surface area contributed by atoms with Crippen LogP contribution >= 0.6 is 0 Å². The van der Waals surface area contributed by atoms with Crippen molar-refractivity contribution < 1.29 is 28.7 Å². The van der Waals surface area contributed by atoms with Gasteiger partial charge in [0.1, 0.15) is 12.1 Å². The average Bonchev–Trinajstić information content (AvgIpc) is 3.25. The molecule has 1 saturated carbocycles. The van der Waals surface area contributed by atoms with Gasteiger partial charge in [-0.3, -0.25) is 24.2 Å². The van der Waals surface area contributed by atoms with Crippen LogP contribution in [0.5, 0.6) is 0 Å². The maximum absolute atomic E-state index is 12.5. The molecule has 1 aliphatic carbocycles. The number of esters is 1. The van der Waals surface area contributed by atoms with E-state index in [-0.39, 0.29) is 6.54 Å². The van der Waals surface area contributed by atoms with Gasteiger partial charge in [0.2, 0.25) is 0 Å². The maximum atomic E-state index is 12.5. The van der Waals surface area contributed by atoms with Crippen LogP contribution in [0.1, 0.15) is 32.6 Å². The Morgan fingerprint density at radius 1 is 1.20 bits per heavy atom. The number of nitrogens with zero attached hydrogens (tertiary/aromatic N) is 2. The Hall–Kier alpha value is -2.65. The molecule has 1 atom stereocenters. The molecule has 2 aliphatic heterocycles. The Bertz CT molecular complexity index is 642. The van der Waals surface area contributed by atoms with Gasteiger partial charge in [-0.25, -0.2) is 9.59 Å². The molecule has 0 radical (unpaired) electrons. The summed E-state index contributed by atoms with van der Waals surface area (Å²) < 4.78 is 5.00. The summed E-state index contributed by atoms with van der Waals surface area (Å²) in [4.78, 5) is 61.8. The van der Waals surface area contributed by atoms with Gasteiger partial charge in [-0.15, -0.1) is 0 Å². The van der Waals surface area contributed by atoms with Crippen molar-refractivity contribution >= 4 is 29.8 Å². The number of urea groups is 2. The number of nitrogens with one attached hydrogen (secondary N) is 2. The van der Waals surface area contributed by atoms with Crippen LogP contribution in [0, 0.1) is 0 Å². The molecule has 10 heteroatoms. The fraction of sp³-hybridized carbons (Fsp3) is 0.667. The van der Waals surface area contributed by atoms with E-state index < -0.39 is 48.0 Å². The smallest absolute Gasteiger partial charge is 0.327 e. The predicted molar refractivity (Wildman–Crippen MR) is 82.1 cm³/mol. The zero-order valence-corrected chi connectivity index (χ0v) is 13.9. The van der Waals surface area contributed by atoms with E-state index in [9.17, 15) is 24.0 Å². The van der Waals surface area contributed by atoms with E-state index in [1.54, 1.807) is 0 Å². The zero-order chi connectivity index (χ0) is 18.2. The van der Waals surface area contributed by atoms with Gasteiger partial charge in [-0.1, -0.05) is 12.8 Å². The summed E-state index contributed by atoms with van der Waals surface area (Å²) in [6.45, 7) is 1.33. The monoisotopic (exact) mass is 352 g/mol. The third kappa shape index (κ3) is 3.03. The van der Waals surface area contributed by atoms with Gasteiger partial charge in [0, 0.05) is 13.1 Å². The Morgan fingerprint density at radius 2 is 1.88 bits per heavy atom. The van der Waals surface area contributed by atoms with E-state index in [1.165, 1.54) is 6.92 Å². The minimum Gasteiger partial charge on any atom is -0.451 e. The first-order valence-corrected chi connectivity index (χ1v) is 8.27. The van der Waals surface area contributed by atoms with Crippen LogP contribution in [-0.2, 0) is 19.1 Å². The summed E-state index contributed by atoms with van der Waals surface area (Å²) in [6.07, 6.45) is 1.61. The number of ether oxygens (including phenoxy) is 1. The van der Waals surface area contributed by atoms with Gasteiger partial charge in [-0.2, -0.15) is 0 Å². The molecule has 0 aromatic carbocycles. The molecule has 0 unspecified atom stereocenters. The number of amides is 6. The van der Waals surface area contributed by atoms with E-state index in [2.05, 4.69) is 10.6 Å². The van der Waals surface area contributed by atoms with E-state index in [0.717, 1.165) is 22.6 Å². The second-order valence-electron chi connectivity index (χ2n) is 6.46. The third-order valence-corrected chi connectivity index (χ3v) is 4.77. The third-order valence-electron chi connectivity index (χ3n) is 4.77. The van der Waals surface area contributed by atoms with Crippen molar-refractivity contribution in [2.45, 2.75) is 44.2 Å². The normalized spacial score (nSPS) is 23.0. The van der Waals surface area contributed by atoms with Crippen LogP contribution in [-0.4, -0.2) is 70.9 Å². The molecule has 25 heavy (non-hydrogen) atoms. The molecular weight excluding hydrogens is 332 g/mol. The number of hydrogen-bond donors (Lipinski definition) is 2. The lowest BCUT2D eigenvalue weighted by Gasteiger charge is -2.21. The highest BCUT2D eigenvalue weighted by atomic mass is 16.5. The quantitative estimate of drug-likeness (QED) is 0.511. The molecule has 0 bridgehead atoms. The molecule has 3 fully saturated rings. The van der Waals surface area contributed by atoms with E-state index in [0.29, 0.717) is 19.4 Å². The van der Waals surface area contributed by atoms with Crippen LogP contribution in [0.2, 0.25) is 0 Å². The van der Waals surface area contributed by atoms with Crippen LogP contribution in [0.25, 0.3) is 0 Å². The molecule has 1 spiro atoms. The summed E-state index contributed by atoms with van der Waals surface area (Å²) in [5, 5.41) is 5.14. The lowest BCUT2D eigenvalue weighted by molar-refractivity contribution is -0.159. The van der Waals surface area contributed by atoms with Gasteiger partial charge < -0.3 is 15.4 Å². The van der Waals surface area contributed by atoms with Gasteiger partial charge >= 0.3 is 18.0 Å². The van der Waals surface area contributed by atoms with Crippen LogP contribution < -0.4 is 10.6 Å². The summed E-state index contributed by atoms with van der Waals surface area (Å²) in [7, 11) is 0. The first kappa shape index (κ1) is 17.2. The largest absolute Gasteiger partial charge is 0.451 e. The summed E-state index contributed by atoms with van der Waals surface area (Å²) in [6, 6.07) is -1.16.